The predicted molar refractivity (Wildman–Crippen MR) is 118 cm³/mol. The predicted octanol–water partition coefficient (Wildman–Crippen LogP) is 4.71. The van der Waals surface area contributed by atoms with E-state index in [0.29, 0.717) is 49.1 Å². The van der Waals surface area contributed by atoms with Crippen molar-refractivity contribution in [3.8, 4) is 11.4 Å². The molecule has 1 saturated heterocycles. The van der Waals surface area contributed by atoms with Crippen LogP contribution in [0.5, 0.6) is 0 Å². The Labute approximate surface area is 185 Å². The molecule has 0 N–H and O–H groups in total. The number of hydrogen-bond donors (Lipinski definition) is 0. The zero-order chi connectivity index (χ0) is 20.9. The van der Waals surface area contributed by atoms with E-state index in [0.717, 1.165) is 29.4 Å². The minimum absolute atomic E-state index is 0.165. The average molecular weight is 445 g/mol. The van der Waals surface area contributed by atoms with Gasteiger partial charge in [-0.3, -0.25) is 4.79 Å². The molecule has 3 aromatic rings. The van der Waals surface area contributed by atoms with E-state index in [1.165, 1.54) is 0 Å². The zero-order valence-corrected chi connectivity index (χ0v) is 17.9. The fourth-order valence-corrected chi connectivity index (χ4v) is 3.82. The lowest BCUT2D eigenvalue weighted by Crippen LogP contribution is -2.48. The third-order valence-corrected chi connectivity index (χ3v) is 5.64. The van der Waals surface area contributed by atoms with Crippen LogP contribution in [0.3, 0.4) is 0 Å². The largest absolute Gasteiger partial charge is 0.368 e. The average Bonchev–Trinajstić information content (AvgIpc) is 3.23. The highest BCUT2D eigenvalue weighted by atomic mass is 35.5. The smallest absolute Gasteiger partial charge is 0.226 e. The summed E-state index contributed by atoms with van der Waals surface area (Å²) in [6.45, 7) is 3.04. The molecule has 0 bridgehead atoms. The summed E-state index contributed by atoms with van der Waals surface area (Å²) < 4.78 is 5.31. The normalized spacial score (nSPS) is 14.2. The number of carbonyl (C=O) groups excluding carboxylic acids is 1. The molecule has 4 rings (SSSR count). The van der Waals surface area contributed by atoms with Gasteiger partial charge in [-0.2, -0.15) is 4.98 Å². The number of amides is 1. The SMILES string of the molecule is O=C(CCCc1nc(-c2ccc(Cl)cc2)no1)N1CCN(c2cccc(Cl)c2)CC1. The van der Waals surface area contributed by atoms with Crippen LogP contribution in [-0.2, 0) is 11.2 Å². The van der Waals surface area contributed by atoms with Crippen molar-refractivity contribution in [3.05, 3.63) is 64.5 Å². The highest BCUT2D eigenvalue weighted by Gasteiger charge is 2.21. The summed E-state index contributed by atoms with van der Waals surface area (Å²) in [6.07, 6.45) is 1.72. The van der Waals surface area contributed by atoms with Gasteiger partial charge in [0.1, 0.15) is 0 Å². The van der Waals surface area contributed by atoms with E-state index in [1.807, 2.05) is 41.3 Å². The maximum Gasteiger partial charge on any atom is 0.226 e. The van der Waals surface area contributed by atoms with Crippen LogP contribution in [0.25, 0.3) is 11.4 Å². The van der Waals surface area contributed by atoms with E-state index < -0.39 is 0 Å². The molecule has 6 nitrogen and oxygen atoms in total. The summed E-state index contributed by atoms with van der Waals surface area (Å²) in [7, 11) is 0. The Balaban J connectivity index is 1.22. The number of aryl methyl sites for hydroxylation is 1. The molecule has 1 amide bonds. The van der Waals surface area contributed by atoms with Crippen molar-refractivity contribution in [1.29, 1.82) is 0 Å². The second kappa shape index (κ2) is 9.49. The molecule has 156 valence electrons. The number of nitrogens with zero attached hydrogens (tertiary/aromatic N) is 4. The van der Waals surface area contributed by atoms with Gasteiger partial charge in [-0.05, 0) is 48.9 Å². The van der Waals surface area contributed by atoms with E-state index >= 15 is 0 Å². The number of piperazine rings is 1. The number of rotatable bonds is 6. The van der Waals surface area contributed by atoms with Gasteiger partial charge in [0.25, 0.3) is 0 Å². The molecular formula is C22H22Cl2N4O2. The molecule has 0 spiro atoms. The minimum atomic E-state index is 0.165. The molecule has 2 aromatic carbocycles. The quantitative estimate of drug-likeness (QED) is 0.550. The molecular weight excluding hydrogens is 423 g/mol. The topological polar surface area (TPSA) is 62.5 Å². The van der Waals surface area contributed by atoms with Crippen LogP contribution in [0.4, 0.5) is 5.69 Å². The Morgan fingerprint density at radius 2 is 1.77 bits per heavy atom. The Bertz CT molecular complexity index is 998. The van der Waals surface area contributed by atoms with Crippen LogP contribution in [0.2, 0.25) is 10.0 Å². The number of benzene rings is 2. The Morgan fingerprint density at radius 1 is 1.00 bits per heavy atom. The van der Waals surface area contributed by atoms with Gasteiger partial charge in [0, 0.05) is 60.3 Å². The molecule has 30 heavy (non-hydrogen) atoms. The Kier molecular flexibility index (Phi) is 6.55. The summed E-state index contributed by atoms with van der Waals surface area (Å²) in [5, 5.41) is 5.40. The number of hydrogen-bond acceptors (Lipinski definition) is 5. The first-order valence-corrected chi connectivity index (χ1v) is 10.7. The molecule has 1 aliphatic rings. The molecule has 1 aliphatic heterocycles. The number of carbonyl (C=O) groups is 1. The van der Waals surface area contributed by atoms with Crippen LogP contribution < -0.4 is 4.90 Å². The molecule has 1 fully saturated rings. The van der Waals surface area contributed by atoms with Gasteiger partial charge in [0.2, 0.25) is 17.6 Å². The lowest BCUT2D eigenvalue weighted by Gasteiger charge is -2.36. The van der Waals surface area contributed by atoms with Gasteiger partial charge in [-0.1, -0.05) is 34.4 Å². The lowest BCUT2D eigenvalue weighted by atomic mass is 10.2. The van der Waals surface area contributed by atoms with Gasteiger partial charge >= 0.3 is 0 Å². The van der Waals surface area contributed by atoms with Crippen molar-refractivity contribution in [2.45, 2.75) is 19.3 Å². The van der Waals surface area contributed by atoms with Crippen LogP contribution in [0.15, 0.2) is 53.1 Å². The van der Waals surface area contributed by atoms with E-state index in [4.69, 9.17) is 27.7 Å². The van der Waals surface area contributed by atoms with Gasteiger partial charge in [0.15, 0.2) is 0 Å². The standard InChI is InChI=1S/C22H22Cl2N4O2/c23-17-9-7-16(8-10-17)22-25-20(30-26-22)5-2-6-21(29)28-13-11-27(12-14-28)19-4-1-3-18(24)15-19/h1,3-4,7-10,15H,2,5-6,11-14H2. The Morgan fingerprint density at radius 3 is 2.50 bits per heavy atom. The van der Waals surface area contributed by atoms with Gasteiger partial charge in [-0.25, -0.2) is 0 Å². The summed E-state index contributed by atoms with van der Waals surface area (Å²) in [4.78, 5) is 21.1. The van der Waals surface area contributed by atoms with Crippen LogP contribution in [0.1, 0.15) is 18.7 Å². The van der Waals surface area contributed by atoms with E-state index in [9.17, 15) is 4.79 Å². The third-order valence-electron chi connectivity index (χ3n) is 5.16. The third kappa shape index (κ3) is 5.12. The summed E-state index contributed by atoms with van der Waals surface area (Å²) in [6, 6.07) is 15.1. The number of halogens is 2. The second-order valence-corrected chi connectivity index (χ2v) is 8.09. The fraction of sp³-hybridized carbons (Fsp3) is 0.318. The summed E-state index contributed by atoms with van der Waals surface area (Å²) >= 11 is 12.0. The highest BCUT2D eigenvalue weighted by Crippen LogP contribution is 2.22. The molecule has 0 radical (unpaired) electrons. The molecule has 0 saturated carbocycles. The van der Waals surface area contributed by atoms with Crippen molar-refractivity contribution in [2.75, 3.05) is 31.1 Å². The van der Waals surface area contributed by atoms with Crippen molar-refractivity contribution >= 4 is 34.8 Å². The van der Waals surface area contributed by atoms with Crippen molar-refractivity contribution in [1.82, 2.24) is 15.0 Å². The molecule has 0 unspecified atom stereocenters. The minimum Gasteiger partial charge on any atom is -0.368 e. The van der Waals surface area contributed by atoms with E-state index in [-0.39, 0.29) is 5.91 Å². The van der Waals surface area contributed by atoms with Gasteiger partial charge in [-0.15, -0.1) is 0 Å². The first kappa shape index (κ1) is 20.7. The second-order valence-electron chi connectivity index (χ2n) is 7.22. The summed E-state index contributed by atoms with van der Waals surface area (Å²) in [5.74, 6) is 1.24. The molecule has 0 atom stereocenters. The number of anilines is 1. The number of aromatic nitrogens is 2. The monoisotopic (exact) mass is 444 g/mol. The molecule has 0 aliphatic carbocycles. The first-order valence-electron chi connectivity index (χ1n) is 9.95. The zero-order valence-electron chi connectivity index (χ0n) is 16.4. The van der Waals surface area contributed by atoms with Crippen molar-refractivity contribution in [2.24, 2.45) is 0 Å². The maximum atomic E-state index is 12.6. The van der Waals surface area contributed by atoms with Crippen molar-refractivity contribution < 1.29 is 9.32 Å². The van der Waals surface area contributed by atoms with Crippen LogP contribution in [-0.4, -0.2) is 47.1 Å². The Hall–Kier alpha value is -2.57. The van der Waals surface area contributed by atoms with E-state index in [2.05, 4.69) is 15.0 Å². The van der Waals surface area contributed by atoms with Crippen molar-refractivity contribution in [3.63, 3.8) is 0 Å². The maximum absolute atomic E-state index is 12.6. The lowest BCUT2D eigenvalue weighted by molar-refractivity contribution is -0.131. The molecule has 8 heteroatoms. The van der Waals surface area contributed by atoms with E-state index in [1.54, 1.807) is 12.1 Å². The van der Waals surface area contributed by atoms with Crippen LogP contribution in [0, 0.1) is 0 Å². The molecule has 2 heterocycles. The fourth-order valence-electron chi connectivity index (χ4n) is 3.51. The first-order chi connectivity index (χ1) is 14.6. The van der Waals surface area contributed by atoms with Gasteiger partial charge < -0.3 is 14.3 Å². The highest BCUT2D eigenvalue weighted by molar-refractivity contribution is 6.31. The van der Waals surface area contributed by atoms with Crippen LogP contribution >= 0.6 is 23.2 Å². The summed E-state index contributed by atoms with van der Waals surface area (Å²) in [5.41, 5.74) is 1.95. The molecule has 1 aromatic heterocycles. The van der Waals surface area contributed by atoms with Gasteiger partial charge in [0.05, 0.1) is 0 Å².